The van der Waals surface area contributed by atoms with Gasteiger partial charge in [0.1, 0.15) is 17.6 Å². The summed E-state index contributed by atoms with van der Waals surface area (Å²) in [5.74, 6) is 0.705. The summed E-state index contributed by atoms with van der Waals surface area (Å²) < 4.78 is 13.1. The van der Waals surface area contributed by atoms with Gasteiger partial charge in [0, 0.05) is 58.7 Å². The lowest BCUT2D eigenvalue weighted by atomic mass is 9.96. The number of aromatic nitrogens is 1. The highest BCUT2D eigenvalue weighted by Gasteiger charge is 2.18. The molecule has 1 heterocycles. The van der Waals surface area contributed by atoms with Crippen molar-refractivity contribution in [2.24, 2.45) is 5.16 Å². The summed E-state index contributed by atoms with van der Waals surface area (Å²) in [6.07, 6.45) is -0.0939. The van der Waals surface area contributed by atoms with E-state index in [1.54, 1.807) is 19.2 Å². The molecule has 1 unspecified atom stereocenters. The van der Waals surface area contributed by atoms with E-state index in [1.165, 1.54) is 6.07 Å². The molecule has 0 aliphatic heterocycles. The zero-order chi connectivity index (χ0) is 24.4. The molecule has 8 nitrogen and oxygen atoms in total. The van der Waals surface area contributed by atoms with Crippen molar-refractivity contribution in [3.05, 3.63) is 81.4 Å². The molecule has 1 N–H and O–H groups in total. The fraction of sp³-hybridized carbons (Fsp3) is 0.269. The lowest BCUT2D eigenvalue weighted by Crippen LogP contribution is -2.18. The maximum atomic E-state index is 11.4. The minimum Gasteiger partial charge on any atom is -0.488 e. The van der Waals surface area contributed by atoms with Crippen molar-refractivity contribution in [1.82, 2.24) is 4.57 Å². The molecule has 1 atom stereocenters. The van der Waals surface area contributed by atoms with E-state index < -0.39 is 0 Å². The molecule has 4 rings (SSSR count). The Balaban J connectivity index is 1.80. The molecule has 0 amide bonds. The summed E-state index contributed by atoms with van der Waals surface area (Å²) in [5.41, 5.74) is 4.70. The second kappa shape index (κ2) is 9.52. The van der Waals surface area contributed by atoms with Gasteiger partial charge in [-0.3, -0.25) is 10.1 Å². The zero-order valence-electron chi connectivity index (χ0n) is 19.6. The van der Waals surface area contributed by atoms with Crippen molar-refractivity contribution < 1.29 is 19.6 Å². The van der Waals surface area contributed by atoms with Crippen LogP contribution in [0.1, 0.15) is 30.5 Å². The van der Waals surface area contributed by atoms with E-state index >= 15 is 0 Å². The molecule has 1 aromatic heterocycles. The van der Waals surface area contributed by atoms with Crippen LogP contribution in [-0.4, -0.2) is 40.2 Å². The van der Waals surface area contributed by atoms with Crippen molar-refractivity contribution in [1.29, 1.82) is 0 Å². The van der Waals surface area contributed by atoms with Crippen molar-refractivity contribution in [3.8, 4) is 5.75 Å². The van der Waals surface area contributed by atoms with Crippen molar-refractivity contribution in [2.75, 3.05) is 13.7 Å². The van der Waals surface area contributed by atoms with Gasteiger partial charge in [-0.25, -0.2) is 0 Å². The molecule has 0 saturated heterocycles. The number of nitrogens with zero attached hydrogens (tertiary/aromatic N) is 3. The SMILES string of the molecule is CCn1c2ccc(/C(=N/O)c3ccc(OC(C)COC)cc3C)cc2c2cc([N+](=O)[O-])ccc21. The Labute approximate surface area is 197 Å². The fourth-order valence-electron chi connectivity index (χ4n) is 4.44. The van der Waals surface area contributed by atoms with Gasteiger partial charge in [-0.1, -0.05) is 11.2 Å². The molecule has 0 aliphatic rings. The molecule has 0 radical (unpaired) electrons. The molecule has 176 valence electrons. The van der Waals surface area contributed by atoms with E-state index in [0.29, 0.717) is 23.6 Å². The first-order valence-corrected chi connectivity index (χ1v) is 11.1. The molecule has 4 aromatic rings. The molecule has 34 heavy (non-hydrogen) atoms. The molecule has 0 spiro atoms. The maximum Gasteiger partial charge on any atom is 0.270 e. The van der Waals surface area contributed by atoms with E-state index in [2.05, 4.69) is 9.72 Å². The Morgan fingerprint density at radius 3 is 2.44 bits per heavy atom. The minimum atomic E-state index is -0.389. The molecule has 3 aromatic carbocycles. The second-order valence-electron chi connectivity index (χ2n) is 8.24. The predicted molar refractivity (Wildman–Crippen MR) is 132 cm³/mol. The average molecular weight is 462 g/mol. The summed E-state index contributed by atoms with van der Waals surface area (Å²) in [5, 5.41) is 26.6. The van der Waals surface area contributed by atoms with Crippen LogP contribution in [0.15, 0.2) is 59.8 Å². The van der Waals surface area contributed by atoms with Gasteiger partial charge < -0.3 is 19.2 Å². The predicted octanol–water partition coefficient (Wildman–Crippen LogP) is 5.67. The van der Waals surface area contributed by atoms with Crippen LogP contribution in [0.2, 0.25) is 0 Å². The number of hydrogen-bond donors (Lipinski definition) is 1. The number of aryl methyl sites for hydroxylation is 2. The topological polar surface area (TPSA) is 99.1 Å². The van der Waals surface area contributed by atoms with E-state index in [0.717, 1.165) is 39.5 Å². The zero-order valence-corrected chi connectivity index (χ0v) is 19.6. The van der Waals surface area contributed by atoms with Crippen LogP contribution in [0, 0.1) is 17.0 Å². The lowest BCUT2D eigenvalue weighted by Gasteiger charge is -2.16. The third-order valence-corrected chi connectivity index (χ3v) is 5.94. The Bertz CT molecular complexity index is 1410. The Morgan fingerprint density at radius 2 is 1.82 bits per heavy atom. The molecule has 8 heteroatoms. The standard InChI is InChI=1S/C26H27N3O5/c1-5-28-24-10-6-18(13-22(24)23-14-19(29(31)32)7-11-25(23)28)26(27-30)21-9-8-20(12-16(21)2)34-17(3)15-33-4/h6-14,17,30H,5,15H2,1-4H3/b27-26-. The third kappa shape index (κ3) is 4.20. The van der Waals surface area contributed by atoms with E-state index in [1.807, 2.05) is 57.2 Å². The number of rotatable bonds is 8. The number of non-ortho nitro benzene ring substituents is 1. The van der Waals surface area contributed by atoms with Crippen LogP contribution in [0.25, 0.3) is 21.8 Å². The minimum absolute atomic E-state index is 0.0400. The molecule has 0 bridgehead atoms. The summed E-state index contributed by atoms with van der Waals surface area (Å²) in [6.45, 7) is 7.10. The summed E-state index contributed by atoms with van der Waals surface area (Å²) >= 11 is 0. The van der Waals surface area contributed by atoms with Gasteiger partial charge in [-0.05, 0) is 62.7 Å². The third-order valence-electron chi connectivity index (χ3n) is 5.94. The normalized spacial score (nSPS) is 12.9. The highest BCUT2D eigenvalue weighted by molar-refractivity contribution is 6.17. The number of nitro benzene ring substituents is 1. The van der Waals surface area contributed by atoms with Crippen LogP contribution < -0.4 is 4.74 Å². The van der Waals surface area contributed by atoms with Crippen LogP contribution in [-0.2, 0) is 11.3 Å². The number of oxime groups is 1. The van der Waals surface area contributed by atoms with Crippen molar-refractivity contribution in [3.63, 3.8) is 0 Å². The molecule has 0 aliphatic carbocycles. The fourth-order valence-corrected chi connectivity index (χ4v) is 4.44. The second-order valence-corrected chi connectivity index (χ2v) is 8.24. The average Bonchev–Trinajstić information content (AvgIpc) is 3.13. The van der Waals surface area contributed by atoms with Gasteiger partial charge in [0.25, 0.3) is 5.69 Å². The van der Waals surface area contributed by atoms with Crippen LogP contribution in [0.5, 0.6) is 5.75 Å². The first-order chi connectivity index (χ1) is 16.4. The number of hydrogen-bond acceptors (Lipinski definition) is 6. The molecule has 0 fully saturated rings. The number of benzene rings is 3. The molecule has 0 saturated carbocycles. The quantitative estimate of drug-likeness (QED) is 0.158. The van der Waals surface area contributed by atoms with E-state index in [4.69, 9.17) is 9.47 Å². The number of methoxy groups -OCH3 is 1. The van der Waals surface area contributed by atoms with Crippen LogP contribution >= 0.6 is 0 Å². The van der Waals surface area contributed by atoms with E-state index in [-0.39, 0.29) is 16.7 Å². The van der Waals surface area contributed by atoms with Gasteiger partial charge in [0.15, 0.2) is 0 Å². The Hall–Kier alpha value is -3.91. The van der Waals surface area contributed by atoms with Gasteiger partial charge in [0.2, 0.25) is 0 Å². The maximum absolute atomic E-state index is 11.4. The largest absolute Gasteiger partial charge is 0.488 e. The van der Waals surface area contributed by atoms with Gasteiger partial charge in [-0.2, -0.15) is 0 Å². The molecular weight excluding hydrogens is 434 g/mol. The van der Waals surface area contributed by atoms with Gasteiger partial charge in [-0.15, -0.1) is 0 Å². The number of nitro groups is 1. The number of ether oxygens (including phenoxy) is 2. The van der Waals surface area contributed by atoms with Gasteiger partial charge >= 0.3 is 0 Å². The Kier molecular flexibility index (Phi) is 6.51. The first kappa shape index (κ1) is 23.3. The number of fused-ring (bicyclic) bond motifs is 3. The summed E-state index contributed by atoms with van der Waals surface area (Å²) in [7, 11) is 1.63. The van der Waals surface area contributed by atoms with Crippen molar-refractivity contribution >= 4 is 33.2 Å². The van der Waals surface area contributed by atoms with Crippen molar-refractivity contribution in [2.45, 2.75) is 33.4 Å². The highest BCUT2D eigenvalue weighted by Crippen LogP contribution is 2.33. The lowest BCUT2D eigenvalue weighted by molar-refractivity contribution is -0.384. The highest BCUT2D eigenvalue weighted by atomic mass is 16.6. The first-order valence-electron chi connectivity index (χ1n) is 11.1. The van der Waals surface area contributed by atoms with E-state index in [9.17, 15) is 15.3 Å². The smallest absolute Gasteiger partial charge is 0.270 e. The van der Waals surface area contributed by atoms with Crippen LogP contribution in [0.3, 0.4) is 0 Å². The summed E-state index contributed by atoms with van der Waals surface area (Å²) in [6, 6.07) is 16.3. The monoisotopic (exact) mass is 461 g/mol. The Morgan fingerprint density at radius 1 is 1.12 bits per heavy atom. The summed E-state index contributed by atoms with van der Waals surface area (Å²) in [4.78, 5) is 11.0. The van der Waals surface area contributed by atoms with Crippen LogP contribution in [0.4, 0.5) is 5.69 Å². The van der Waals surface area contributed by atoms with Gasteiger partial charge in [0.05, 0.1) is 11.5 Å². The molecular formula is C26H27N3O5.